The van der Waals surface area contributed by atoms with Gasteiger partial charge in [0.2, 0.25) is 5.91 Å². The standard InChI is InChI=1S/C23H44N2O/c1-4-5-6-7-8-9-10-11-12-13-14-15-16-17-18-20-23(26)24-21-19-22-25(2)3/h8-9,11-12H,4-7,10,13-22H2,1-3H3,(H,24,26)/b9-8-,12-11-. The lowest BCUT2D eigenvalue weighted by Gasteiger charge is -2.09. The summed E-state index contributed by atoms with van der Waals surface area (Å²) in [7, 11) is 4.12. The second-order valence-electron chi connectivity index (χ2n) is 7.49. The highest BCUT2D eigenvalue weighted by atomic mass is 16.1. The first kappa shape index (κ1) is 24.9. The Morgan fingerprint density at radius 1 is 0.808 bits per heavy atom. The third kappa shape index (κ3) is 21.0. The van der Waals surface area contributed by atoms with Crippen molar-refractivity contribution in [2.45, 2.75) is 90.4 Å². The molecule has 152 valence electrons. The molecule has 0 saturated heterocycles. The van der Waals surface area contributed by atoms with Gasteiger partial charge in [-0.05, 0) is 65.6 Å². The fourth-order valence-corrected chi connectivity index (χ4v) is 2.81. The van der Waals surface area contributed by atoms with Crippen molar-refractivity contribution in [1.29, 1.82) is 0 Å². The van der Waals surface area contributed by atoms with E-state index in [0.29, 0.717) is 6.42 Å². The van der Waals surface area contributed by atoms with E-state index in [1.165, 1.54) is 57.8 Å². The fourth-order valence-electron chi connectivity index (χ4n) is 2.81. The molecule has 0 fully saturated rings. The van der Waals surface area contributed by atoms with E-state index < -0.39 is 0 Å². The Balaban J connectivity index is 3.27. The Kier molecular flexibility index (Phi) is 19.4. The maximum atomic E-state index is 11.7. The van der Waals surface area contributed by atoms with Gasteiger partial charge in [0.1, 0.15) is 0 Å². The topological polar surface area (TPSA) is 32.3 Å². The maximum absolute atomic E-state index is 11.7. The number of unbranched alkanes of at least 4 members (excludes halogenated alkanes) is 8. The zero-order valence-corrected chi connectivity index (χ0v) is 17.8. The molecule has 1 amide bonds. The number of nitrogens with one attached hydrogen (secondary N) is 1. The van der Waals surface area contributed by atoms with Crippen molar-refractivity contribution in [3.8, 4) is 0 Å². The molecular weight excluding hydrogens is 320 g/mol. The molecular formula is C23H44N2O. The molecule has 0 aromatic carbocycles. The lowest BCUT2D eigenvalue weighted by molar-refractivity contribution is -0.121. The van der Waals surface area contributed by atoms with Crippen LogP contribution in [0.15, 0.2) is 24.3 Å². The smallest absolute Gasteiger partial charge is 0.219 e. The third-order valence-electron chi connectivity index (χ3n) is 4.46. The Hall–Kier alpha value is -1.09. The minimum atomic E-state index is 0.217. The van der Waals surface area contributed by atoms with Gasteiger partial charge in [0, 0.05) is 13.0 Å². The molecule has 0 saturated carbocycles. The molecule has 3 heteroatoms. The summed E-state index contributed by atoms with van der Waals surface area (Å²) in [6.07, 6.45) is 24.4. The van der Waals surface area contributed by atoms with Crippen LogP contribution in [0.5, 0.6) is 0 Å². The first-order valence-corrected chi connectivity index (χ1v) is 10.9. The molecule has 0 aliphatic heterocycles. The van der Waals surface area contributed by atoms with Crippen molar-refractivity contribution in [3.63, 3.8) is 0 Å². The number of amides is 1. The van der Waals surface area contributed by atoms with Crippen LogP contribution in [0.1, 0.15) is 90.4 Å². The third-order valence-corrected chi connectivity index (χ3v) is 4.46. The van der Waals surface area contributed by atoms with E-state index in [4.69, 9.17) is 0 Å². The molecule has 0 aliphatic carbocycles. The summed E-state index contributed by atoms with van der Waals surface area (Å²) >= 11 is 0. The van der Waals surface area contributed by atoms with Gasteiger partial charge in [-0.1, -0.05) is 63.3 Å². The van der Waals surface area contributed by atoms with Crippen molar-refractivity contribution in [2.75, 3.05) is 27.2 Å². The summed E-state index contributed by atoms with van der Waals surface area (Å²) < 4.78 is 0. The number of hydrogen-bond acceptors (Lipinski definition) is 2. The first-order chi connectivity index (χ1) is 12.7. The molecule has 26 heavy (non-hydrogen) atoms. The molecule has 1 N–H and O–H groups in total. The van der Waals surface area contributed by atoms with Crippen LogP contribution < -0.4 is 5.32 Å². The Labute approximate surface area is 163 Å². The Morgan fingerprint density at radius 3 is 2.08 bits per heavy atom. The van der Waals surface area contributed by atoms with E-state index in [0.717, 1.165) is 32.4 Å². The van der Waals surface area contributed by atoms with Crippen LogP contribution in [0.4, 0.5) is 0 Å². The molecule has 0 rings (SSSR count). The number of rotatable bonds is 18. The lowest BCUT2D eigenvalue weighted by atomic mass is 10.1. The summed E-state index contributed by atoms with van der Waals surface area (Å²) in [5, 5.41) is 3.01. The fraction of sp³-hybridized carbons (Fsp3) is 0.783. The summed E-state index contributed by atoms with van der Waals surface area (Å²) in [6.45, 7) is 4.08. The average Bonchev–Trinajstić information content (AvgIpc) is 2.62. The van der Waals surface area contributed by atoms with Crippen molar-refractivity contribution in [2.24, 2.45) is 0 Å². The Morgan fingerprint density at radius 2 is 1.42 bits per heavy atom. The predicted molar refractivity (Wildman–Crippen MR) is 116 cm³/mol. The number of nitrogens with zero attached hydrogens (tertiary/aromatic N) is 1. The van der Waals surface area contributed by atoms with Crippen LogP contribution >= 0.6 is 0 Å². The van der Waals surface area contributed by atoms with Crippen molar-refractivity contribution in [1.82, 2.24) is 10.2 Å². The molecule has 0 unspecified atom stereocenters. The molecule has 0 bridgehead atoms. The number of carbonyl (C=O) groups excluding carboxylic acids is 1. The highest BCUT2D eigenvalue weighted by Gasteiger charge is 2.00. The van der Waals surface area contributed by atoms with E-state index in [9.17, 15) is 4.79 Å². The van der Waals surface area contributed by atoms with Crippen LogP contribution in [0.3, 0.4) is 0 Å². The molecule has 3 nitrogen and oxygen atoms in total. The molecule has 0 aliphatic rings. The maximum Gasteiger partial charge on any atom is 0.219 e. The van der Waals surface area contributed by atoms with Crippen LogP contribution in [-0.2, 0) is 4.79 Å². The normalized spacial score (nSPS) is 11.8. The van der Waals surface area contributed by atoms with Crippen molar-refractivity contribution < 1.29 is 4.79 Å². The SMILES string of the molecule is CCCCC/C=C\C/C=C\CCCCCCCC(=O)NCCCN(C)C. The van der Waals surface area contributed by atoms with Gasteiger partial charge in [0.15, 0.2) is 0 Å². The largest absolute Gasteiger partial charge is 0.356 e. The molecule has 0 spiro atoms. The van der Waals surface area contributed by atoms with Gasteiger partial charge in [0.25, 0.3) is 0 Å². The van der Waals surface area contributed by atoms with Crippen molar-refractivity contribution in [3.05, 3.63) is 24.3 Å². The van der Waals surface area contributed by atoms with E-state index in [-0.39, 0.29) is 5.91 Å². The minimum absolute atomic E-state index is 0.217. The first-order valence-electron chi connectivity index (χ1n) is 10.9. The van der Waals surface area contributed by atoms with Gasteiger partial charge in [-0.25, -0.2) is 0 Å². The van der Waals surface area contributed by atoms with Gasteiger partial charge < -0.3 is 10.2 Å². The van der Waals surface area contributed by atoms with Crippen LogP contribution in [0, 0.1) is 0 Å². The van der Waals surface area contributed by atoms with E-state index >= 15 is 0 Å². The highest BCUT2D eigenvalue weighted by Crippen LogP contribution is 2.08. The minimum Gasteiger partial charge on any atom is -0.356 e. The molecule has 0 heterocycles. The summed E-state index contributed by atoms with van der Waals surface area (Å²) in [5.74, 6) is 0.217. The average molecular weight is 365 g/mol. The van der Waals surface area contributed by atoms with E-state index in [1.807, 2.05) is 0 Å². The highest BCUT2D eigenvalue weighted by molar-refractivity contribution is 5.75. The van der Waals surface area contributed by atoms with Crippen LogP contribution in [0.2, 0.25) is 0 Å². The van der Waals surface area contributed by atoms with Crippen molar-refractivity contribution >= 4 is 5.91 Å². The van der Waals surface area contributed by atoms with E-state index in [1.54, 1.807) is 0 Å². The van der Waals surface area contributed by atoms with Gasteiger partial charge in [-0.3, -0.25) is 4.79 Å². The zero-order valence-electron chi connectivity index (χ0n) is 17.8. The zero-order chi connectivity index (χ0) is 19.3. The second-order valence-corrected chi connectivity index (χ2v) is 7.49. The van der Waals surface area contributed by atoms with E-state index in [2.05, 4.69) is 55.5 Å². The molecule has 0 aromatic heterocycles. The molecule has 0 aromatic rings. The van der Waals surface area contributed by atoms with Gasteiger partial charge >= 0.3 is 0 Å². The monoisotopic (exact) mass is 364 g/mol. The Bertz CT molecular complexity index is 361. The van der Waals surface area contributed by atoms with Gasteiger partial charge in [-0.2, -0.15) is 0 Å². The summed E-state index contributed by atoms with van der Waals surface area (Å²) in [6, 6.07) is 0. The quantitative estimate of drug-likeness (QED) is 0.244. The van der Waals surface area contributed by atoms with Crippen LogP contribution in [-0.4, -0.2) is 38.0 Å². The van der Waals surface area contributed by atoms with Gasteiger partial charge in [-0.15, -0.1) is 0 Å². The lowest BCUT2D eigenvalue weighted by Crippen LogP contribution is -2.26. The second kappa shape index (κ2) is 20.2. The predicted octanol–water partition coefficient (Wildman–Crippen LogP) is 5.87. The number of allylic oxidation sites excluding steroid dienone is 4. The number of carbonyl (C=O) groups is 1. The van der Waals surface area contributed by atoms with Crippen LogP contribution in [0.25, 0.3) is 0 Å². The molecule has 0 atom stereocenters. The number of hydrogen-bond donors (Lipinski definition) is 1. The summed E-state index contributed by atoms with van der Waals surface area (Å²) in [5.41, 5.74) is 0. The summed E-state index contributed by atoms with van der Waals surface area (Å²) in [4.78, 5) is 13.8. The van der Waals surface area contributed by atoms with Gasteiger partial charge in [0.05, 0.1) is 0 Å². The molecule has 0 radical (unpaired) electrons.